The molecule has 110 valence electrons. The number of hydrogen-bond donors (Lipinski definition) is 3. The molecule has 20 heavy (non-hydrogen) atoms. The second-order valence-electron chi connectivity index (χ2n) is 6.13. The summed E-state index contributed by atoms with van der Waals surface area (Å²) in [5.74, 6) is -1.19. The minimum absolute atomic E-state index is 0.348. The Labute approximate surface area is 119 Å². The predicted molar refractivity (Wildman–Crippen MR) is 77.7 cm³/mol. The van der Waals surface area contributed by atoms with Crippen LogP contribution in [0.1, 0.15) is 35.1 Å². The fourth-order valence-electron chi connectivity index (χ4n) is 2.82. The van der Waals surface area contributed by atoms with Crippen molar-refractivity contribution in [3.8, 4) is 0 Å². The average molecular weight is 277 g/mol. The van der Waals surface area contributed by atoms with E-state index in [1.807, 2.05) is 0 Å². The molecule has 0 radical (unpaired) electrons. The molecule has 0 atom stereocenters. The summed E-state index contributed by atoms with van der Waals surface area (Å²) in [6, 6.07) is 4.34. The Morgan fingerprint density at radius 2 is 1.85 bits per heavy atom. The van der Waals surface area contributed by atoms with Crippen LogP contribution in [0.3, 0.4) is 0 Å². The van der Waals surface area contributed by atoms with Crippen LogP contribution in [0.2, 0.25) is 0 Å². The average Bonchev–Trinajstić information content (AvgIpc) is 2.32. The normalized spacial score (nSPS) is 25.3. The standard InChI is InChI=1S/C16H23NO3/c1-10-4-12(3)13(5-11(10)2)8-17-9-16(20)6-14(7-16)15(18)19/h4-5,14,17,20H,6-9H2,1-3H3,(H,18,19). The molecule has 1 aliphatic carbocycles. The van der Waals surface area contributed by atoms with Gasteiger partial charge in [-0.05, 0) is 55.9 Å². The molecule has 1 fully saturated rings. The fourth-order valence-corrected chi connectivity index (χ4v) is 2.82. The maximum atomic E-state index is 10.7. The van der Waals surface area contributed by atoms with E-state index >= 15 is 0 Å². The molecule has 4 heteroatoms. The highest BCUT2D eigenvalue weighted by Crippen LogP contribution is 2.37. The molecule has 1 saturated carbocycles. The Morgan fingerprint density at radius 1 is 1.25 bits per heavy atom. The van der Waals surface area contributed by atoms with Crippen molar-refractivity contribution in [2.45, 2.75) is 45.8 Å². The van der Waals surface area contributed by atoms with E-state index in [2.05, 4.69) is 38.2 Å². The summed E-state index contributed by atoms with van der Waals surface area (Å²) in [6.07, 6.45) is 0.697. The van der Waals surface area contributed by atoms with Gasteiger partial charge in [-0.25, -0.2) is 0 Å². The number of rotatable bonds is 5. The molecule has 0 bridgehead atoms. The van der Waals surface area contributed by atoms with E-state index in [-0.39, 0.29) is 5.92 Å². The lowest BCUT2D eigenvalue weighted by Crippen LogP contribution is -2.53. The van der Waals surface area contributed by atoms with Crippen molar-refractivity contribution in [3.05, 3.63) is 34.4 Å². The van der Waals surface area contributed by atoms with Gasteiger partial charge in [-0.2, -0.15) is 0 Å². The number of aliphatic hydroxyl groups is 1. The third-order valence-corrected chi connectivity index (χ3v) is 4.32. The molecule has 1 aliphatic rings. The van der Waals surface area contributed by atoms with Crippen molar-refractivity contribution < 1.29 is 15.0 Å². The molecule has 0 saturated heterocycles. The Balaban J connectivity index is 1.85. The summed E-state index contributed by atoms with van der Waals surface area (Å²) in [4.78, 5) is 10.7. The second-order valence-corrected chi connectivity index (χ2v) is 6.13. The summed E-state index contributed by atoms with van der Waals surface area (Å²) in [5.41, 5.74) is 4.17. The molecule has 0 heterocycles. The highest BCUT2D eigenvalue weighted by atomic mass is 16.4. The van der Waals surface area contributed by atoms with Crippen LogP contribution < -0.4 is 5.32 Å². The third kappa shape index (κ3) is 3.19. The lowest BCUT2D eigenvalue weighted by Gasteiger charge is -2.41. The molecule has 0 spiro atoms. The molecule has 3 N–H and O–H groups in total. The zero-order valence-electron chi connectivity index (χ0n) is 12.4. The highest BCUT2D eigenvalue weighted by molar-refractivity contribution is 5.71. The number of benzene rings is 1. The Bertz CT molecular complexity index is 519. The number of carbonyl (C=O) groups is 1. The van der Waals surface area contributed by atoms with Crippen LogP contribution in [-0.4, -0.2) is 28.3 Å². The number of carboxylic acids is 1. The Hall–Kier alpha value is -1.39. The smallest absolute Gasteiger partial charge is 0.306 e. The van der Waals surface area contributed by atoms with Gasteiger partial charge in [0.2, 0.25) is 0 Å². The first-order valence-electron chi connectivity index (χ1n) is 7.03. The first kappa shape index (κ1) is 15.0. The van der Waals surface area contributed by atoms with Gasteiger partial charge in [0.25, 0.3) is 0 Å². The quantitative estimate of drug-likeness (QED) is 0.769. The van der Waals surface area contributed by atoms with Crippen LogP contribution in [-0.2, 0) is 11.3 Å². The molecule has 4 nitrogen and oxygen atoms in total. The van der Waals surface area contributed by atoms with Crippen LogP contribution in [0.4, 0.5) is 0 Å². The van der Waals surface area contributed by atoms with Gasteiger partial charge in [0.15, 0.2) is 0 Å². The van der Waals surface area contributed by atoms with Gasteiger partial charge < -0.3 is 15.5 Å². The van der Waals surface area contributed by atoms with Crippen LogP contribution in [0.15, 0.2) is 12.1 Å². The van der Waals surface area contributed by atoms with E-state index in [1.54, 1.807) is 0 Å². The number of carboxylic acid groups (broad SMARTS) is 1. The van der Waals surface area contributed by atoms with Gasteiger partial charge in [-0.3, -0.25) is 4.79 Å². The topological polar surface area (TPSA) is 69.6 Å². The van der Waals surface area contributed by atoms with Crippen LogP contribution in [0.25, 0.3) is 0 Å². The van der Waals surface area contributed by atoms with Crippen LogP contribution >= 0.6 is 0 Å². The Kier molecular flexibility index (Phi) is 4.16. The second kappa shape index (κ2) is 5.54. The van der Waals surface area contributed by atoms with Crippen LogP contribution in [0.5, 0.6) is 0 Å². The molecule has 0 aromatic heterocycles. The summed E-state index contributed by atoms with van der Waals surface area (Å²) in [5, 5.41) is 22.2. The van der Waals surface area contributed by atoms with Gasteiger partial charge in [0.05, 0.1) is 11.5 Å². The maximum absolute atomic E-state index is 10.7. The molecular formula is C16H23NO3. The number of nitrogens with one attached hydrogen (secondary N) is 1. The summed E-state index contributed by atoms with van der Waals surface area (Å²) in [7, 11) is 0. The minimum atomic E-state index is -0.850. The minimum Gasteiger partial charge on any atom is -0.481 e. The molecule has 2 rings (SSSR count). The molecule has 0 unspecified atom stereocenters. The molecule has 0 aliphatic heterocycles. The van der Waals surface area contributed by atoms with Crippen molar-refractivity contribution in [1.29, 1.82) is 0 Å². The van der Waals surface area contributed by atoms with Crippen molar-refractivity contribution in [2.75, 3.05) is 6.54 Å². The van der Waals surface area contributed by atoms with E-state index in [4.69, 9.17) is 5.11 Å². The fraction of sp³-hybridized carbons (Fsp3) is 0.562. The van der Waals surface area contributed by atoms with Crippen LogP contribution in [0, 0.1) is 26.7 Å². The molecule has 1 aromatic rings. The number of aryl methyl sites for hydroxylation is 3. The highest BCUT2D eigenvalue weighted by Gasteiger charge is 2.45. The summed E-state index contributed by atoms with van der Waals surface area (Å²) < 4.78 is 0. The largest absolute Gasteiger partial charge is 0.481 e. The van der Waals surface area contributed by atoms with E-state index < -0.39 is 11.6 Å². The SMILES string of the molecule is Cc1cc(C)c(CNCC2(O)CC(C(=O)O)C2)cc1C. The molecular weight excluding hydrogens is 254 g/mol. The lowest BCUT2D eigenvalue weighted by atomic mass is 9.71. The first-order valence-corrected chi connectivity index (χ1v) is 7.03. The van der Waals surface area contributed by atoms with Crippen molar-refractivity contribution >= 4 is 5.97 Å². The van der Waals surface area contributed by atoms with E-state index in [9.17, 15) is 9.90 Å². The van der Waals surface area contributed by atoms with E-state index in [0.717, 1.165) is 0 Å². The van der Waals surface area contributed by atoms with Gasteiger partial charge in [-0.1, -0.05) is 12.1 Å². The lowest BCUT2D eigenvalue weighted by molar-refractivity contribution is -0.157. The number of aliphatic carboxylic acids is 1. The van der Waals surface area contributed by atoms with E-state index in [1.165, 1.54) is 22.3 Å². The van der Waals surface area contributed by atoms with Crippen molar-refractivity contribution in [2.24, 2.45) is 5.92 Å². The van der Waals surface area contributed by atoms with Gasteiger partial charge in [0, 0.05) is 13.1 Å². The zero-order chi connectivity index (χ0) is 14.9. The third-order valence-electron chi connectivity index (χ3n) is 4.32. The number of hydrogen-bond acceptors (Lipinski definition) is 3. The predicted octanol–water partition coefficient (Wildman–Crippen LogP) is 1.93. The van der Waals surface area contributed by atoms with Crippen molar-refractivity contribution in [1.82, 2.24) is 5.32 Å². The maximum Gasteiger partial charge on any atom is 0.306 e. The molecule has 1 aromatic carbocycles. The Morgan fingerprint density at radius 3 is 2.45 bits per heavy atom. The first-order chi connectivity index (χ1) is 9.31. The van der Waals surface area contributed by atoms with Crippen molar-refractivity contribution in [3.63, 3.8) is 0 Å². The van der Waals surface area contributed by atoms with Gasteiger partial charge in [0.1, 0.15) is 0 Å². The van der Waals surface area contributed by atoms with E-state index in [0.29, 0.717) is 25.9 Å². The zero-order valence-corrected chi connectivity index (χ0v) is 12.4. The summed E-state index contributed by atoms with van der Waals surface area (Å²) in [6.45, 7) is 7.43. The monoisotopic (exact) mass is 277 g/mol. The summed E-state index contributed by atoms with van der Waals surface area (Å²) >= 11 is 0. The molecule has 0 amide bonds. The van der Waals surface area contributed by atoms with Gasteiger partial charge >= 0.3 is 5.97 Å². The van der Waals surface area contributed by atoms with Gasteiger partial charge in [-0.15, -0.1) is 0 Å².